The molecule has 3 heterocycles. The van der Waals surface area contributed by atoms with Gasteiger partial charge in [-0.25, -0.2) is 4.39 Å². The number of hydrogen-bond donors (Lipinski definition) is 1. The Bertz CT molecular complexity index is 668. The second-order valence-corrected chi connectivity index (χ2v) is 5.29. The van der Waals surface area contributed by atoms with Gasteiger partial charge in [-0.3, -0.25) is 19.7 Å². The molecule has 1 fully saturated rings. The number of pyridine rings is 1. The van der Waals surface area contributed by atoms with E-state index in [0.29, 0.717) is 13.0 Å². The molecule has 0 saturated carbocycles. The number of aliphatic hydroxyl groups is 1. The Morgan fingerprint density at radius 3 is 2.82 bits per heavy atom. The minimum Gasteiger partial charge on any atom is -0.391 e. The number of carbonyl (C=O) groups excluding carboxylic acids is 1. The topological polar surface area (TPSA) is 79.2 Å². The number of rotatable bonds is 3. The Kier molecular flexibility index (Phi) is 4.06. The van der Waals surface area contributed by atoms with Crippen LogP contribution in [-0.4, -0.2) is 50.1 Å². The van der Waals surface area contributed by atoms with E-state index in [4.69, 9.17) is 0 Å². The van der Waals surface area contributed by atoms with E-state index in [2.05, 4.69) is 15.0 Å². The van der Waals surface area contributed by atoms with Gasteiger partial charge in [0, 0.05) is 43.8 Å². The van der Waals surface area contributed by atoms with Crippen LogP contribution in [0.15, 0.2) is 37.1 Å². The van der Waals surface area contributed by atoms with Gasteiger partial charge in [0.05, 0.1) is 23.6 Å². The average molecular weight is 302 g/mol. The minimum atomic E-state index is -0.657. The summed E-state index contributed by atoms with van der Waals surface area (Å²) >= 11 is 0. The summed E-state index contributed by atoms with van der Waals surface area (Å²) in [5.41, 5.74) is 0.735. The van der Waals surface area contributed by atoms with E-state index in [9.17, 15) is 14.3 Å². The highest BCUT2D eigenvalue weighted by Gasteiger charge is 2.35. The maximum atomic E-state index is 13.6. The van der Waals surface area contributed by atoms with Crippen LogP contribution in [0, 0.1) is 11.7 Å². The molecule has 0 spiro atoms. The van der Waals surface area contributed by atoms with E-state index in [1.807, 2.05) is 0 Å². The fourth-order valence-electron chi connectivity index (χ4n) is 2.64. The largest absolute Gasteiger partial charge is 0.391 e. The summed E-state index contributed by atoms with van der Waals surface area (Å²) in [6, 6.07) is 1.35. The van der Waals surface area contributed by atoms with Crippen molar-refractivity contribution in [1.29, 1.82) is 0 Å². The second-order valence-electron chi connectivity index (χ2n) is 5.29. The first-order valence-electron chi connectivity index (χ1n) is 6.97. The highest BCUT2D eigenvalue weighted by molar-refractivity contribution is 5.94. The third-order valence-electron chi connectivity index (χ3n) is 3.78. The van der Waals surface area contributed by atoms with Gasteiger partial charge in [0.2, 0.25) is 0 Å². The molecule has 0 bridgehead atoms. The third-order valence-corrected chi connectivity index (χ3v) is 3.78. The van der Waals surface area contributed by atoms with Gasteiger partial charge >= 0.3 is 0 Å². The number of aliphatic hydroxyl groups excluding tert-OH is 1. The van der Waals surface area contributed by atoms with Gasteiger partial charge in [-0.2, -0.15) is 0 Å². The lowest BCUT2D eigenvalue weighted by atomic mass is 10.0. The fourth-order valence-corrected chi connectivity index (χ4v) is 2.64. The third kappa shape index (κ3) is 2.94. The number of amides is 1. The first-order valence-corrected chi connectivity index (χ1v) is 6.97. The Morgan fingerprint density at radius 1 is 1.27 bits per heavy atom. The van der Waals surface area contributed by atoms with Crippen molar-refractivity contribution in [1.82, 2.24) is 19.9 Å². The first-order chi connectivity index (χ1) is 10.6. The zero-order valence-electron chi connectivity index (χ0n) is 11.8. The van der Waals surface area contributed by atoms with Crippen molar-refractivity contribution in [3.63, 3.8) is 0 Å². The van der Waals surface area contributed by atoms with Crippen molar-refractivity contribution in [3.05, 3.63) is 54.1 Å². The Balaban J connectivity index is 1.70. The fraction of sp³-hybridized carbons (Fsp3) is 0.333. The van der Waals surface area contributed by atoms with Crippen LogP contribution in [0.5, 0.6) is 0 Å². The Morgan fingerprint density at radius 2 is 2.09 bits per heavy atom. The molecule has 0 unspecified atom stereocenters. The maximum Gasteiger partial charge on any atom is 0.257 e. The summed E-state index contributed by atoms with van der Waals surface area (Å²) in [7, 11) is 0. The lowest BCUT2D eigenvalue weighted by Gasteiger charge is -2.16. The standard InChI is InChI=1S/C15H15FN4O2/c16-13-7-17-2-1-12(13)15(22)20-8-10(14(21)9-20)5-11-6-18-3-4-19-11/h1-4,6-7,10,14,21H,5,8-9H2/t10-,14-/m1/s1. The lowest BCUT2D eigenvalue weighted by molar-refractivity contribution is 0.0760. The van der Waals surface area contributed by atoms with Gasteiger partial charge in [-0.1, -0.05) is 0 Å². The number of aromatic nitrogens is 3. The van der Waals surface area contributed by atoms with Gasteiger partial charge in [0.15, 0.2) is 5.82 Å². The van der Waals surface area contributed by atoms with Crippen molar-refractivity contribution < 1.29 is 14.3 Å². The van der Waals surface area contributed by atoms with E-state index in [-0.39, 0.29) is 18.0 Å². The smallest absolute Gasteiger partial charge is 0.257 e. The van der Waals surface area contributed by atoms with E-state index >= 15 is 0 Å². The van der Waals surface area contributed by atoms with Crippen LogP contribution in [0.1, 0.15) is 16.1 Å². The maximum absolute atomic E-state index is 13.6. The van der Waals surface area contributed by atoms with Gasteiger partial charge in [-0.05, 0) is 12.5 Å². The molecule has 2 aromatic heterocycles. The highest BCUT2D eigenvalue weighted by atomic mass is 19.1. The average Bonchev–Trinajstić information content (AvgIpc) is 2.89. The van der Waals surface area contributed by atoms with Crippen LogP contribution in [0.2, 0.25) is 0 Å². The zero-order chi connectivity index (χ0) is 15.5. The predicted molar refractivity (Wildman–Crippen MR) is 75.3 cm³/mol. The molecule has 6 nitrogen and oxygen atoms in total. The molecule has 1 N–H and O–H groups in total. The van der Waals surface area contributed by atoms with Crippen LogP contribution < -0.4 is 0 Å². The zero-order valence-corrected chi connectivity index (χ0v) is 11.8. The normalized spacial score (nSPS) is 21.1. The minimum absolute atomic E-state index is 0.0256. The molecule has 0 radical (unpaired) electrons. The molecule has 1 saturated heterocycles. The van der Waals surface area contributed by atoms with Gasteiger partial charge < -0.3 is 10.0 Å². The molecule has 2 aromatic rings. The van der Waals surface area contributed by atoms with Crippen LogP contribution >= 0.6 is 0 Å². The Labute approximate surface area is 126 Å². The molecule has 114 valence electrons. The molecule has 1 amide bonds. The molecule has 7 heteroatoms. The summed E-state index contributed by atoms with van der Waals surface area (Å²) in [4.78, 5) is 25.6. The van der Waals surface area contributed by atoms with E-state index in [1.54, 1.807) is 18.6 Å². The molecule has 0 aromatic carbocycles. The number of hydrogen-bond acceptors (Lipinski definition) is 5. The quantitative estimate of drug-likeness (QED) is 0.902. The van der Waals surface area contributed by atoms with E-state index in [1.165, 1.54) is 17.2 Å². The summed E-state index contributed by atoms with van der Waals surface area (Å²) in [6.45, 7) is 0.545. The van der Waals surface area contributed by atoms with Gasteiger partial charge in [0.25, 0.3) is 5.91 Å². The lowest BCUT2D eigenvalue weighted by Crippen LogP contribution is -2.30. The summed E-state index contributed by atoms with van der Waals surface area (Å²) in [6.07, 6.45) is 7.06. The van der Waals surface area contributed by atoms with Crippen LogP contribution in [0.25, 0.3) is 0 Å². The van der Waals surface area contributed by atoms with Gasteiger partial charge in [0.1, 0.15) is 0 Å². The summed E-state index contributed by atoms with van der Waals surface area (Å²) < 4.78 is 13.6. The van der Waals surface area contributed by atoms with E-state index < -0.39 is 17.8 Å². The molecule has 1 aliphatic heterocycles. The summed E-state index contributed by atoms with van der Waals surface area (Å²) in [5.74, 6) is -1.22. The van der Waals surface area contributed by atoms with Crippen LogP contribution in [0.3, 0.4) is 0 Å². The summed E-state index contributed by atoms with van der Waals surface area (Å²) in [5, 5.41) is 10.1. The number of halogens is 1. The first kappa shape index (κ1) is 14.5. The molecule has 3 rings (SSSR count). The molecular weight excluding hydrogens is 287 g/mol. The molecular formula is C15H15FN4O2. The van der Waals surface area contributed by atoms with Crippen molar-refractivity contribution in [2.24, 2.45) is 5.92 Å². The van der Waals surface area contributed by atoms with Crippen LogP contribution in [0.4, 0.5) is 4.39 Å². The van der Waals surface area contributed by atoms with Gasteiger partial charge in [-0.15, -0.1) is 0 Å². The van der Waals surface area contributed by atoms with Crippen molar-refractivity contribution in [2.75, 3.05) is 13.1 Å². The predicted octanol–water partition coefficient (Wildman–Crippen LogP) is 0.686. The molecule has 22 heavy (non-hydrogen) atoms. The molecule has 1 aliphatic rings. The number of β-amino-alcohol motifs (C(OH)–C–C–N with tert-alkyl or cyclic N) is 1. The second kappa shape index (κ2) is 6.15. The van der Waals surface area contributed by atoms with Crippen molar-refractivity contribution in [2.45, 2.75) is 12.5 Å². The number of nitrogens with zero attached hydrogens (tertiary/aromatic N) is 4. The monoisotopic (exact) mass is 302 g/mol. The molecule has 2 atom stereocenters. The Hall–Kier alpha value is -2.41. The SMILES string of the molecule is O=C(c1ccncc1F)N1C[C@@H](Cc2cnccn2)[C@H](O)C1. The van der Waals surface area contributed by atoms with E-state index in [0.717, 1.165) is 11.9 Å². The van der Waals surface area contributed by atoms with Crippen LogP contribution in [-0.2, 0) is 6.42 Å². The van der Waals surface area contributed by atoms with Crippen molar-refractivity contribution in [3.8, 4) is 0 Å². The molecule has 0 aliphatic carbocycles. The van der Waals surface area contributed by atoms with Crippen molar-refractivity contribution >= 4 is 5.91 Å². The number of carbonyl (C=O) groups is 1. The number of likely N-dealkylation sites (tertiary alicyclic amines) is 1. The highest BCUT2D eigenvalue weighted by Crippen LogP contribution is 2.22.